The predicted molar refractivity (Wildman–Crippen MR) is 73.0 cm³/mol. The minimum Gasteiger partial charge on any atom is -0.508 e. The van der Waals surface area contributed by atoms with Gasteiger partial charge in [-0.15, -0.1) is 6.58 Å². The van der Waals surface area contributed by atoms with Gasteiger partial charge in [0, 0.05) is 18.2 Å². The van der Waals surface area contributed by atoms with Crippen LogP contribution in [0.25, 0.3) is 0 Å². The summed E-state index contributed by atoms with van der Waals surface area (Å²) in [4.78, 5) is 0. The molecule has 0 saturated heterocycles. The average molecular weight is 251 g/mol. The molecule has 2 nitrogen and oxygen atoms in total. The van der Waals surface area contributed by atoms with Crippen molar-refractivity contribution < 1.29 is 9.50 Å². The van der Waals surface area contributed by atoms with Crippen molar-refractivity contribution in [3.8, 4) is 5.75 Å². The first kappa shape index (κ1) is 14.7. The molecule has 0 radical (unpaired) electrons. The Bertz CT molecular complexity index is 379. The zero-order valence-corrected chi connectivity index (χ0v) is 11.0. The van der Waals surface area contributed by atoms with Crippen LogP contribution in [0.3, 0.4) is 0 Å². The van der Waals surface area contributed by atoms with E-state index in [9.17, 15) is 9.50 Å². The summed E-state index contributed by atoms with van der Waals surface area (Å²) in [6.45, 7) is 7.39. The number of halogens is 1. The van der Waals surface area contributed by atoms with Gasteiger partial charge in [-0.1, -0.05) is 25.5 Å². The molecule has 2 N–H and O–H groups in total. The second-order valence-electron chi connectivity index (χ2n) is 4.54. The molecule has 0 amide bonds. The van der Waals surface area contributed by atoms with Crippen molar-refractivity contribution >= 4 is 0 Å². The minimum absolute atomic E-state index is 0.0145. The van der Waals surface area contributed by atoms with Crippen molar-refractivity contribution in [2.45, 2.75) is 32.7 Å². The lowest BCUT2D eigenvalue weighted by atomic mass is 9.98. The highest BCUT2D eigenvalue weighted by Crippen LogP contribution is 2.18. The molecule has 1 unspecified atom stereocenters. The highest BCUT2D eigenvalue weighted by molar-refractivity contribution is 5.32. The molecule has 0 saturated carbocycles. The highest BCUT2D eigenvalue weighted by Gasteiger charge is 2.05. The maximum atomic E-state index is 12.8. The molecule has 0 bridgehead atoms. The van der Waals surface area contributed by atoms with Crippen LogP contribution >= 0.6 is 0 Å². The van der Waals surface area contributed by atoms with Crippen molar-refractivity contribution in [3.05, 3.63) is 42.2 Å². The molecular formula is C15H22FNO. The molecule has 1 atom stereocenters. The summed E-state index contributed by atoms with van der Waals surface area (Å²) < 4.78 is 12.8. The van der Waals surface area contributed by atoms with Crippen LogP contribution in [0.15, 0.2) is 30.9 Å². The quantitative estimate of drug-likeness (QED) is 0.546. The van der Waals surface area contributed by atoms with Gasteiger partial charge in [0.25, 0.3) is 0 Å². The van der Waals surface area contributed by atoms with Crippen LogP contribution in [0.1, 0.15) is 31.7 Å². The van der Waals surface area contributed by atoms with Crippen LogP contribution in [-0.2, 0) is 6.54 Å². The second kappa shape index (κ2) is 7.88. The molecule has 0 fully saturated rings. The fourth-order valence-electron chi connectivity index (χ4n) is 1.94. The number of benzene rings is 1. The third-order valence-electron chi connectivity index (χ3n) is 3.17. The van der Waals surface area contributed by atoms with Gasteiger partial charge >= 0.3 is 0 Å². The SMILES string of the molecule is C=CCC(CC)CCNCc1ccc(F)cc1O. The summed E-state index contributed by atoms with van der Waals surface area (Å²) in [5, 5.41) is 12.8. The summed E-state index contributed by atoms with van der Waals surface area (Å²) in [6.07, 6.45) is 5.24. The van der Waals surface area contributed by atoms with Crippen LogP contribution in [-0.4, -0.2) is 11.7 Å². The van der Waals surface area contributed by atoms with Crippen molar-refractivity contribution in [1.82, 2.24) is 5.32 Å². The molecule has 0 aliphatic heterocycles. The molecular weight excluding hydrogens is 229 g/mol. The number of phenols is 1. The molecule has 0 aliphatic rings. The van der Waals surface area contributed by atoms with Gasteiger partial charge in [0.2, 0.25) is 0 Å². The van der Waals surface area contributed by atoms with E-state index in [1.807, 2.05) is 6.08 Å². The Morgan fingerprint density at radius 1 is 1.50 bits per heavy atom. The molecule has 0 spiro atoms. The third kappa shape index (κ3) is 4.88. The molecule has 3 heteroatoms. The Morgan fingerprint density at radius 2 is 2.28 bits per heavy atom. The zero-order valence-electron chi connectivity index (χ0n) is 11.0. The van der Waals surface area contributed by atoms with Crippen LogP contribution < -0.4 is 5.32 Å². The summed E-state index contributed by atoms with van der Waals surface area (Å²) in [5.41, 5.74) is 0.730. The number of hydrogen-bond acceptors (Lipinski definition) is 2. The maximum absolute atomic E-state index is 12.8. The fourth-order valence-corrected chi connectivity index (χ4v) is 1.94. The number of nitrogens with one attached hydrogen (secondary N) is 1. The molecule has 100 valence electrons. The first-order chi connectivity index (χ1) is 8.67. The summed E-state index contributed by atoms with van der Waals surface area (Å²) in [5.74, 6) is 0.269. The van der Waals surface area contributed by atoms with Crippen molar-refractivity contribution in [2.75, 3.05) is 6.54 Å². The highest BCUT2D eigenvalue weighted by atomic mass is 19.1. The lowest BCUT2D eigenvalue weighted by molar-refractivity contribution is 0.443. The molecule has 1 aromatic rings. The molecule has 1 aromatic carbocycles. The first-order valence-corrected chi connectivity index (χ1v) is 6.46. The molecule has 1 rings (SSSR count). The topological polar surface area (TPSA) is 32.3 Å². The molecule has 0 aromatic heterocycles. The largest absolute Gasteiger partial charge is 0.508 e. The summed E-state index contributed by atoms with van der Waals surface area (Å²) in [6, 6.07) is 4.12. The van der Waals surface area contributed by atoms with E-state index in [1.54, 1.807) is 6.07 Å². The molecule has 0 aliphatic carbocycles. The lowest BCUT2D eigenvalue weighted by Crippen LogP contribution is -2.17. The van der Waals surface area contributed by atoms with Crippen LogP contribution in [0.4, 0.5) is 4.39 Å². The molecule has 0 heterocycles. The van der Waals surface area contributed by atoms with Gasteiger partial charge < -0.3 is 10.4 Å². The summed E-state index contributed by atoms with van der Waals surface area (Å²) in [7, 11) is 0. The van der Waals surface area contributed by atoms with Gasteiger partial charge in [-0.2, -0.15) is 0 Å². The van der Waals surface area contributed by atoms with Crippen molar-refractivity contribution in [3.63, 3.8) is 0 Å². The van der Waals surface area contributed by atoms with Gasteiger partial charge in [-0.05, 0) is 31.4 Å². The van der Waals surface area contributed by atoms with Gasteiger partial charge in [0.15, 0.2) is 0 Å². The van der Waals surface area contributed by atoms with E-state index in [0.29, 0.717) is 12.5 Å². The van der Waals surface area contributed by atoms with Gasteiger partial charge in [0.05, 0.1) is 0 Å². The number of rotatable bonds is 8. The number of aromatic hydroxyl groups is 1. The maximum Gasteiger partial charge on any atom is 0.126 e. The van der Waals surface area contributed by atoms with Crippen molar-refractivity contribution in [1.29, 1.82) is 0 Å². The third-order valence-corrected chi connectivity index (χ3v) is 3.17. The van der Waals surface area contributed by atoms with Gasteiger partial charge in [0.1, 0.15) is 11.6 Å². The smallest absolute Gasteiger partial charge is 0.126 e. The Labute approximate surface area is 109 Å². The lowest BCUT2D eigenvalue weighted by Gasteiger charge is -2.13. The van der Waals surface area contributed by atoms with Gasteiger partial charge in [-0.25, -0.2) is 4.39 Å². The number of phenolic OH excluding ortho intramolecular Hbond substituents is 1. The molecule has 18 heavy (non-hydrogen) atoms. The van der Waals surface area contributed by atoms with Crippen LogP contribution in [0.2, 0.25) is 0 Å². The number of hydrogen-bond donors (Lipinski definition) is 2. The monoisotopic (exact) mass is 251 g/mol. The van der Waals surface area contributed by atoms with E-state index in [4.69, 9.17) is 0 Å². The number of allylic oxidation sites excluding steroid dienone is 1. The summed E-state index contributed by atoms with van der Waals surface area (Å²) >= 11 is 0. The normalized spacial score (nSPS) is 12.3. The minimum atomic E-state index is -0.409. The standard InChI is InChI=1S/C15H22FNO/c1-3-5-12(4-2)8-9-17-11-13-6-7-14(16)10-15(13)18/h3,6-7,10,12,17-18H,1,4-5,8-9,11H2,2H3. The fraction of sp³-hybridized carbons (Fsp3) is 0.467. The van der Waals surface area contributed by atoms with E-state index in [-0.39, 0.29) is 5.75 Å². The Morgan fingerprint density at radius 3 is 2.89 bits per heavy atom. The predicted octanol–water partition coefficient (Wildman–Crippen LogP) is 3.61. The Hall–Kier alpha value is -1.35. The Balaban J connectivity index is 2.31. The average Bonchev–Trinajstić information content (AvgIpc) is 2.35. The van der Waals surface area contributed by atoms with E-state index in [1.165, 1.54) is 6.07 Å². The van der Waals surface area contributed by atoms with Crippen LogP contribution in [0.5, 0.6) is 5.75 Å². The zero-order chi connectivity index (χ0) is 13.4. The van der Waals surface area contributed by atoms with Crippen molar-refractivity contribution in [2.24, 2.45) is 5.92 Å². The van der Waals surface area contributed by atoms with E-state index in [2.05, 4.69) is 18.8 Å². The van der Waals surface area contributed by atoms with Gasteiger partial charge in [-0.3, -0.25) is 0 Å². The first-order valence-electron chi connectivity index (χ1n) is 6.46. The Kier molecular flexibility index (Phi) is 6.44. The second-order valence-corrected chi connectivity index (χ2v) is 4.54. The van der Waals surface area contributed by atoms with E-state index >= 15 is 0 Å². The van der Waals surface area contributed by atoms with Crippen LogP contribution in [0, 0.1) is 11.7 Å². The van der Waals surface area contributed by atoms with E-state index in [0.717, 1.165) is 37.4 Å². The van der Waals surface area contributed by atoms with E-state index < -0.39 is 5.82 Å².